The smallest absolute Gasteiger partial charge is 0.128 e. The Bertz CT molecular complexity index is 351. The van der Waals surface area contributed by atoms with Crippen molar-refractivity contribution in [2.45, 2.75) is 45.6 Å². The second-order valence-electron chi connectivity index (χ2n) is 5.09. The molecule has 2 atom stereocenters. The van der Waals surface area contributed by atoms with Gasteiger partial charge in [0.25, 0.3) is 0 Å². The van der Waals surface area contributed by atoms with E-state index < -0.39 is 0 Å². The van der Waals surface area contributed by atoms with Crippen molar-refractivity contribution in [1.29, 1.82) is 0 Å². The van der Waals surface area contributed by atoms with Gasteiger partial charge in [-0.1, -0.05) is 19.9 Å². The van der Waals surface area contributed by atoms with E-state index in [0.717, 1.165) is 30.5 Å². The number of nitrogens with one attached hydrogen (secondary N) is 2. The molecule has 1 aliphatic carbocycles. The predicted molar refractivity (Wildman–Crippen MR) is 73.4 cm³/mol. The van der Waals surface area contributed by atoms with Crippen molar-refractivity contribution in [2.24, 2.45) is 5.92 Å². The van der Waals surface area contributed by atoms with Gasteiger partial charge in [-0.25, -0.2) is 4.98 Å². The molecule has 3 nitrogen and oxygen atoms in total. The summed E-state index contributed by atoms with van der Waals surface area (Å²) >= 11 is 0. The van der Waals surface area contributed by atoms with E-state index in [9.17, 15) is 0 Å². The molecule has 2 N–H and O–H groups in total. The summed E-state index contributed by atoms with van der Waals surface area (Å²) in [7, 11) is 0. The molecule has 2 unspecified atom stereocenters. The fraction of sp³-hybridized carbons (Fsp3) is 0.643. The Balaban J connectivity index is 1.91. The van der Waals surface area contributed by atoms with E-state index in [1.165, 1.54) is 19.3 Å². The highest BCUT2D eigenvalue weighted by molar-refractivity contribution is 5.45. The zero-order valence-corrected chi connectivity index (χ0v) is 10.9. The minimum Gasteiger partial charge on any atom is -0.370 e. The lowest BCUT2D eigenvalue weighted by Gasteiger charge is -2.14. The molecular weight excluding hydrogens is 210 g/mol. The van der Waals surface area contributed by atoms with E-state index in [2.05, 4.69) is 41.6 Å². The quantitative estimate of drug-likeness (QED) is 0.817. The molecule has 0 aromatic carbocycles. The fourth-order valence-electron chi connectivity index (χ4n) is 2.41. The highest BCUT2D eigenvalue weighted by atomic mass is 15.1. The first kappa shape index (κ1) is 12.2. The van der Waals surface area contributed by atoms with Gasteiger partial charge in [0.15, 0.2) is 0 Å². The molecule has 1 aromatic heterocycles. The van der Waals surface area contributed by atoms with Crippen LogP contribution >= 0.6 is 0 Å². The third-order valence-electron chi connectivity index (χ3n) is 3.35. The van der Waals surface area contributed by atoms with Crippen LogP contribution in [0.5, 0.6) is 0 Å². The molecule has 2 rings (SSSR count). The van der Waals surface area contributed by atoms with Gasteiger partial charge >= 0.3 is 0 Å². The zero-order valence-electron chi connectivity index (χ0n) is 10.9. The Hall–Kier alpha value is -1.25. The largest absolute Gasteiger partial charge is 0.370 e. The van der Waals surface area contributed by atoms with Crippen molar-refractivity contribution < 1.29 is 0 Å². The van der Waals surface area contributed by atoms with Crippen molar-refractivity contribution in [3.05, 3.63) is 18.2 Å². The van der Waals surface area contributed by atoms with Crippen LogP contribution in [0, 0.1) is 5.92 Å². The summed E-state index contributed by atoms with van der Waals surface area (Å²) in [6.07, 6.45) is 5.01. The van der Waals surface area contributed by atoms with Crippen LogP contribution in [0.3, 0.4) is 0 Å². The molecule has 1 aromatic rings. The van der Waals surface area contributed by atoms with Crippen LogP contribution in [-0.4, -0.2) is 17.6 Å². The van der Waals surface area contributed by atoms with Crippen molar-refractivity contribution in [3.63, 3.8) is 0 Å². The van der Waals surface area contributed by atoms with Gasteiger partial charge in [0.2, 0.25) is 0 Å². The standard InChI is InChI=1S/C14H23N3/c1-3-9-15-13-5-4-6-14(17-13)16-12-8-7-11(2)10-12/h4-6,11-12H,3,7-10H2,1-2H3,(H2,15,16,17). The average molecular weight is 233 g/mol. The second kappa shape index (κ2) is 5.89. The molecule has 1 fully saturated rings. The molecule has 94 valence electrons. The summed E-state index contributed by atoms with van der Waals surface area (Å²) in [4.78, 5) is 4.58. The van der Waals surface area contributed by atoms with Crippen molar-refractivity contribution in [2.75, 3.05) is 17.2 Å². The van der Waals surface area contributed by atoms with Crippen LogP contribution in [0.2, 0.25) is 0 Å². The van der Waals surface area contributed by atoms with Crippen LogP contribution < -0.4 is 10.6 Å². The molecule has 17 heavy (non-hydrogen) atoms. The Kier molecular flexibility index (Phi) is 4.24. The molecule has 1 aliphatic rings. The Morgan fingerprint density at radius 1 is 1.29 bits per heavy atom. The van der Waals surface area contributed by atoms with Gasteiger partial charge in [0, 0.05) is 12.6 Å². The maximum absolute atomic E-state index is 4.58. The number of rotatable bonds is 5. The van der Waals surface area contributed by atoms with E-state index in [1.807, 2.05) is 6.07 Å². The van der Waals surface area contributed by atoms with Gasteiger partial charge in [-0.05, 0) is 43.7 Å². The number of anilines is 2. The lowest BCUT2D eigenvalue weighted by atomic mass is 10.1. The minimum atomic E-state index is 0.610. The summed E-state index contributed by atoms with van der Waals surface area (Å²) in [6, 6.07) is 6.75. The normalized spacial score (nSPS) is 23.6. The molecule has 0 amide bonds. The molecular formula is C14H23N3. The van der Waals surface area contributed by atoms with Crippen LogP contribution in [0.4, 0.5) is 11.6 Å². The number of aromatic nitrogens is 1. The van der Waals surface area contributed by atoms with E-state index in [1.54, 1.807) is 0 Å². The zero-order chi connectivity index (χ0) is 12.1. The first-order valence-corrected chi connectivity index (χ1v) is 6.75. The van der Waals surface area contributed by atoms with Gasteiger partial charge in [0.05, 0.1) is 0 Å². The van der Waals surface area contributed by atoms with E-state index in [-0.39, 0.29) is 0 Å². The van der Waals surface area contributed by atoms with Gasteiger partial charge in [-0.3, -0.25) is 0 Å². The highest BCUT2D eigenvalue weighted by Gasteiger charge is 2.21. The van der Waals surface area contributed by atoms with E-state index >= 15 is 0 Å². The molecule has 0 radical (unpaired) electrons. The van der Waals surface area contributed by atoms with Crippen molar-refractivity contribution in [3.8, 4) is 0 Å². The van der Waals surface area contributed by atoms with Crippen LogP contribution in [-0.2, 0) is 0 Å². The van der Waals surface area contributed by atoms with Gasteiger partial charge in [-0.15, -0.1) is 0 Å². The Labute approximate surface area is 104 Å². The van der Waals surface area contributed by atoms with Crippen molar-refractivity contribution >= 4 is 11.6 Å². The topological polar surface area (TPSA) is 37.0 Å². The molecule has 0 aliphatic heterocycles. The van der Waals surface area contributed by atoms with Crippen LogP contribution in [0.25, 0.3) is 0 Å². The van der Waals surface area contributed by atoms with Crippen LogP contribution in [0.1, 0.15) is 39.5 Å². The fourth-order valence-corrected chi connectivity index (χ4v) is 2.41. The predicted octanol–water partition coefficient (Wildman–Crippen LogP) is 3.50. The summed E-state index contributed by atoms with van der Waals surface area (Å²) in [5.41, 5.74) is 0. The molecule has 1 saturated carbocycles. The SMILES string of the molecule is CCCNc1cccc(NC2CCC(C)C2)n1. The first-order valence-electron chi connectivity index (χ1n) is 6.75. The summed E-state index contributed by atoms with van der Waals surface area (Å²) in [5.74, 6) is 2.84. The highest BCUT2D eigenvalue weighted by Crippen LogP contribution is 2.27. The lowest BCUT2D eigenvalue weighted by molar-refractivity contribution is 0.602. The summed E-state index contributed by atoms with van der Waals surface area (Å²) in [5, 5.41) is 6.85. The summed E-state index contributed by atoms with van der Waals surface area (Å²) in [6.45, 7) is 5.47. The number of pyridine rings is 1. The monoisotopic (exact) mass is 233 g/mol. The minimum absolute atomic E-state index is 0.610. The van der Waals surface area contributed by atoms with Crippen molar-refractivity contribution in [1.82, 2.24) is 4.98 Å². The number of nitrogens with zero attached hydrogens (tertiary/aromatic N) is 1. The maximum atomic E-state index is 4.58. The third-order valence-corrected chi connectivity index (χ3v) is 3.35. The van der Waals surface area contributed by atoms with Gasteiger partial charge < -0.3 is 10.6 Å². The van der Waals surface area contributed by atoms with Gasteiger partial charge in [-0.2, -0.15) is 0 Å². The lowest BCUT2D eigenvalue weighted by Crippen LogP contribution is -2.16. The molecule has 3 heteroatoms. The van der Waals surface area contributed by atoms with E-state index in [4.69, 9.17) is 0 Å². The number of hydrogen-bond donors (Lipinski definition) is 2. The van der Waals surface area contributed by atoms with Gasteiger partial charge in [0.1, 0.15) is 11.6 Å². The Morgan fingerprint density at radius 2 is 2.12 bits per heavy atom. The third kappa shape index (κ3) is 3.62. The van der Waals surface area contributed by atoms with Crippen LogP contribution in [0.15, 0.2) is 18.2 Å². The summed E-state index contributed by atoms with van der Waals surface area (Å²) < 4.78 is 0. The maximum Gasteiger partial charge on any atom is 0.128 e. The molecule has 0 spiro atoms. The first-order chi connectivity index (χ1) is 8.28. The molecule has 1 heterocycles. The molecule has 0 saturated heterocycles. The average Bonchev–Trinajstić information content (AvgIpc) is 2.73. The van der Waals surface area contributed by atoms with E-state index in [0.29, 0.717) is 6.04 Å². The molecule has 0 bridgehead atoms. The second-order valence-corrected chi connectivity index (χ2v) is 5.09. The number of hydrogen-bond acceptors (Lipinski definition) is 3. The Morgan fingerprint density at radius 3 is 2.82 bits per heavy atom.